The number of sulfone groups is 1. The summed E-state index contributed by atoms with van der Waals surface area (Å²) < 4.78 is 27.1. The molecule has 3 atom stereocenters. The van der Waals surface area contributed by atoms with Gasteiger partial charge in [-0.25, -0.2) is 18.4 Å². The van der Waals surface area contributed by atoms with E-state index in [1.807, 2.05) is 4.90 Å². The van der Waals surface area contributed by atoms with Gasteiger partial charge in [0.2, 0.25) is 5.82 Å². The number of nitrogen functional groups attached to an aromatic ring is 1. The highest BCUT2D eigenvalue weighted by atomic mass is 32.2. The summed E-state index contributed by atoms with van der Waals surface area (Å²) in [6.45, 7) is -0.183. The molecule has 13 nitrogen and oxygen atoms in total. The summed E-state index contributed by atoms with van der Waals surface area (Å²) >= 11 is 1.30. The van der Waals surface area contributed by atoms with Crippen LogP contribution in [-0.4, -0.2) is 77.4 Å². The topological polar surface area (TPSA) is 185 Å². The molecule has 0 aliphatic carbocycles. The van der Waals surface area contributed by atoms with Crippen LogP contribution in [-0.2, 0) is 16.4 Å². The zero-order valence-corrected chi connectivity index (χ0v) is 20.8. The number of nitrogens with one attached hydrogen (secondary N) is 1. The fourth-order valence-electron chi connectivity index (χ4n) is 5.52. The van der Waals surface area contributed by atoms with Gasteiger partial charge in [-0.3, -0.25) is 4.79 Å². The molecule has 0 spiro atoms. The normalized spacial score (nSPS) is 21.9. The molecule has 6 rings (SSSR count). The number of hydrogen-bond donors (Lipinski definition) is 3. The maximum absolute atomic E-state index is 13.0. The minimum Gasteiger partial charge on any atom is -0.389 e. The molecule has 188 valence electrons. The SMILES string of the molecule is CS(=O)(=O)c1c([C@H]2C[C@H]3CC[C@@H](C2)N3C(=O)c2nnc[nH]2)nc2c(-c3cnc(CO)s3)cnn2c1N. The molecule has 2 fully saturated rings. The second kappa shape index (κ2) is 8.31. The number of piperidine rings is 1. The molecule has 4 aromatic rings. The van der Waals surface area contributed by atoms with Crippen molar-refractivity contribution in [3.05, 3.63) is 35.2 Å². The molecule has 0 aromatic carbocycles. The van der Waals surface area contributed by atoms with Crippen LogP contribution in [0.3, 0.4) is 0 Å². The quantitative estimate of drug-likeness (QED) is 0.337. The first kappa shape index (κ1) is 23.0. The monoisotopic (exact) mass is 529 g/mol. The van der Waals surface area contributed by atoms with Crippen molar-refractivity contribution in [1.82, 2.24) is 39.7 Å². The maximum atomic E-state index is 13.0. The van der Waals surface area contributed by atoms with E-state index in [2.05, 4.69) is 25.3 Å². The number of hydrogen-bond acceptors (Lipinski definition) is 11. The van der Waals surface area contributed by atoms with Crippen LogP contribution in [0.25, 0.3) is 16.1 Å². The van der Waals surface area contributed by atoms with Crippen LogP contribution in [0.4, 0.5) is 5.82 Å². The summed E-state index contributed by atoms with van der Waals surface area (Å²) in [5.74, 6) is -0.215. The number of fused-ring (bicyclic) bond motifs is 3. The van der Waals surface area contributed by atoms with Crippen LogP contribution in [0.2, 0.25) is 0 Å². The van der Waals surface area contributed by atoms with Crippen LogP contribution in [0.15, 0.2) is 23.6 Å². The van der Waals surface area contributed by atoms with Crippen molar-refractivity contribution in [2.24, 2.45) is 0 Å². The summed E-state index contributed by atoms with van der Waals surface area (Å²) in [5.41, 5.74) is 7.89. The Morgan fingerprint density at radius 3 is 2.64 bits per heavy atom. The lowest BCUT2D eigenvalue weighted by Crippen LogP contribution is -2.46. The number of aliphatic hydroxyl groups is 1. The summed E-state index contributed by atoms with van der Waals surface area (Å²) in [5, 5.41) is 21.8. The minimum absolute atomic E-state index is 0.00293. The second-order valence-corrected chi connectivity index (χ2v) is 12.2. The van der Waals surface area contributed by atoms with Crippen LogP contribution in [0, 0.1) is 0 Å². The van der Waals surface area contributed by atoms with E-state index in [0.29, 0.717) is 34.8 Å². The number of nitrogens with zero attached hydrogens (tertiary/aromatic N) is 7. The van der Waals surface area contributed by atoms with Gasteiger partial charge >= 0.3 is 0 Å². The number of aromatic nitrogens is 7. The lowest BCUT2D eigenvalue weighted by Gasteiger charge is -2.38. The third-order valence-electron chi connectivity index (χ3n) is 6.96. The van der Waals surface area contributed by atoms with Gasteiger partial charge in [-0.05, 0) is 25.7 Å². The third kappa shape index (κ3) is 3.57. The summed E-state index contributed by atoms with van der Waals surface area (Å²) in [4.78, 5) is 27.4. The van der Waals surface area contributed by atoms with E-state index >= 15 is 0 Å². The first-order chi connectivity index (χ1) is 17.3. The van der Waals surface area contributed by atoms with Crippen LogP contribution >= 0.6 is 11.3 Å². The molecular formula is C21H23N9O4S2. The Kier molecular flexibility index (Phi) is 5.31. The van der Waals surface area contributed by atoms with Gasteiger partial charge in [-0.15, -0.1) is 21.5 Å². The highest BCUT2D eigenvalue weighted by Crippen LogP contribution is 2.45. The van der Waals surface area contributed by atoms with E-state index in [1.165, 1.54) is 22.2 Å². The van der Waals surface area contributed by atoms with Gasteiger partial charge < -0.3 is 20.7 Å². The molecule has 15 heteroatoms. The van der Waals surface area contributed by atoms with E-state index in [-0.39, 0.29) is 47.1 Å². The molecular weight excluding hydrogens is 506 g/mol. The number of anilines is 1. The number of thiazole rings is 1. The van der Waals surface area contributed by atoms with Gasteiger partial charge in [0.25, 0.3) is 5.91 Å². The van der Waals surface area contributed by atoms with Crippen molar-refractivity contribution in [1.29, 1.82) is 0 Å². The molecule has 4 N–H and O–H groups in total. The fraction of sp³-hybridized carbons (Fsp3) is 0.429. The van der Waals surface area contributed by atoms with E-state index in [0.717, 1.165) is 24.0 Å². The largest absolute Gasteiger partial charge is 0.389 e. The minimum atomic E-state index is -3.73. The number of amides is 1. The molecule has 6 heterocycles. The molecule has 2 aliphatic rings. The summed E-state index contributed by atoms with van der Waals surface area (Å²) in [6, 6.07) is -0.146. The highest BCUT2D eigenvalue weighted by molar-refractivity contribution is 7.91. The van der Waals surface area contributed by atoms with Crippen molar-refractivity contribution in [2.75, 3.05) is 12.0 Å². The zero-order valence-electron chi connectivity index (χ0n) is 19.2. The lowest BCUT2D eigenvalue weighted by molar-refractivity contribution is 0.0556. The van der Waals surface area contributed by atoms with E-state index < -0.39 is 9.84 Å². The van der Waals surface area contributed by atoms with Gasteiger partial charge in [0.05, 0.1) is 28.9 Å². The fourth-order valence-corrected chi connectivity index (χ4v) is 7.36. The van der Waals surface area contributed by atoms with E-state index in [1.54, 1.807) is 12.4 Å². The molecule has 0 radical (unpaired) electrons. The van der Waals surface area contributed by atoms with Gasteiger partial charge in [-0.1, -0.05) is 0 Å². The smallest absolute Gasteiger partial charge is 0.292 e. The van der Waals surface area contributed by atoms with Crippen molar-refractivity contribution in [3.8, 4) is 10.4 Å². The van der Waals surface area contributed by atoms with E-state index in [4.69, 9.17) is 10.7 Å². The molecule has 0 unspecified atom stereocenters. The molecule has 36 heavy (non-hydrogen) atoms. The maximum Gasteiger partial charge on any atom is 0.292 e. The Labute approximate surface area is 209 Å². The number of carbonyl (C=O) groups excluding carboxylic acids is 1. The van der Waals surface area contributed by atoms with Gasteiger partial charge in [0.1, 0.15) is 22.0 Å². The van der Waals surface area contributed by atoms with Crippen molar-refractivity contribution in [3.63, 3.8) is 0 Å². The first-order valence-electron chi connectivity index (χ1n) is 11.4. The standard InChI is InChI=1S/C21H23N9O4S2/c1-36(33,34)17-16(10-4-11-2-3-12(5-10)29(11)21(32)19-24-9-25-28-19)27-20-13(6-26-30(20)18(17)22)14-7-23-15(8-31)35-14/h6-7,9-12,31H,2-5,8,22H2,1H3,(H,24,25,28)/t10-,11+,12-. The Morgan fingerprint density at radius 1 is 1.28 bits per heavy atom. The third-order valence-corrected chi connectivity index (χ3v) is 9.14. The highest BCUT2D eigenvalue weighted by Gasteiger charge is 2.46. The van der Waals surface area contributed by atoms with Crippen molar-refractivity contribution in [2.45, 2.75) is 55.2 Å². The molecule has 2 saturated heterocycles. The number of nitrogens with two attached hydrogens (primary N) is 1. The summed E-state index contributed by atoms with van der Waals surface area (Å²) in [7, 11) is -3.73. The average molecular weight is 530 g/mol. The second-order valence-electron chi connectivity index (χ2n) is 9.16. The number of carbonyl (C=O) groups is 1. The predicted molar refractivity (Wildman–Crippen MR) is 129 cm³/mol. The van der Waals surface area contributed by atoms with Gasteiger partial charge in [-0.2, -0.15) is 9.61 Å². The molecule has 4 aromatic heterocycles. The number of aromatic amines is 1. The Balaban J connectivity index is 1.44. The predicted octanol–water partition coefficient (Wildman–Crippen LogP) is 1.000. The summed E-state index contributed by atoms with van der Waals surface area (Å²) in [6.07, 6.45) is 8.44. The average Bonchev–Trinajstić information content (AvgIpc) is 3.63. The number of rotatable bonds is 5. The van der Waals surface area contributed by atoms with Gasteiger partial charge in [0.15, 0.2) is 15.5 Å². The Hall–Kier alpha value is -3.43. The van der Waals surface area contributed by atoms with Crippen molar-refractivity contribution < 1.29 is 18.3 Å². The first-order valence-corrected chi connectivity index (χ1v) is 14.1. The molecule has 1 amide bonds. The Morgan fingerprint density at radius 2 is 2.03 bits per heavy atom. The lowest BCUT2D eigenvalue weighted by atomic mass is 9.87. The van der Waals surface area contributed by atoms with Gasteiger partial charge in [0, 0.05) is 30.5 Å². The van der Waals surface area contributed by atoms with Crippen molar-refractivity contribution >= 4 is 38.5 Å². The van der Waals surface area contributed by atoms with Crippen LogP contribution < -0.4 is 5.73 Å². The van der Waals surface area contributed by atoms with Crippen LogP contribution in [0.5, 0.6) is 0 Å². The molecule has 2 bridgehead atoms. The van der Waals surface area contributed by atoms with Crippen LogP contribution in [0.1, 0.15) is 52.9 Å². The number of H-pyrrole nitrogens is 1. The Bertz CT molecular complexity index is 1560. The number of aliphatic hydroxyl groups excluding tert-OH is 1. The van der Waals surface area contributed by atoms with E-state index in [9.17, 15) is 18.3 Å². The molecule has 2 aliphatic heterocycles. The zero-order chi connectivity index (χ0) is 25.2. The molecule has 0 saturated carbocycles.